The summed E-state index contributed by atoms with van der Waals surface area (Å²) in [5, 5.41) is 13.2. The van der Waals surface area contributed by atoms with Crippen LogP contribution in [0.25, 0.3) is 32.8 Å². The van der Waals surface area contributed by atoms with Crippen LogP contribution in [0.3, 0.4) is 0 Å². The molecular formula is C36H36N4O3S. The molecular weight excluding hydrogens is 568 g/mol. The molecule has 0 saturated carbocycles. The van der Waals surface area contributed by atoms with Crippen molar-refractivity contribution in [3.8, 4) is 5.75 Å². The lowest BCUT2D eigenvalue weighted by Crippen LogP contribution is -2.28. The Morgan fingerprint density at radius 1 is 0.864 bits per heavy atom. The number of rotatable bonds is 9. The van der Waals surface area contributed by atoms with Crippen LogP contribution in [-0.2, 0) is 24.4 Å². The van der Waals surface area contributed by atoms with E-state index in [0.29, 0.717) is 25.3 Å². The second-order valence-electron chi connectivity index (χ2n) is 12.8. The SMILES string of the molecule is CC(C)(C)Sc1c(CC(C)(C)C(=O)O)n(Cc2ccc3ccccc3n2)c2ncc(OCc3ccc4ccccc4n3)cc12. The van der Waals surface area contributed by atoms with E-state index in [-0.39, 0.29) is 4.75 Å². The molecule has 224 valence electrons. The minimum absolute atomic E-state index is 0.131. The first-order valence-corrected chi connectivity index (χ1v) is 15.5. The van der Waals surface area contributed by atoms with E-state index < -0.39 is 11.4 Å². The zero-order valence-electron chi connectivity index (χ0n) is 25.7. The van der Waals surface area contributed by atoms with Crippen LogP contribution in [0.2, 0.25) is 0 Å². The largest absolute Gasteiger partial charge is 0.486 e. The molecule has 4 aromatic heterocycles. The number of fused-ring (bicyclic) bond motifs is 3. The summed E-state index contributed by atoms with van der Waals surface area (Å²) in [6, 6.07) is 26.2. The number of aromatic nitrogens is 4. The highest BCUT2D eigenvalue weighted by Gasteiger charge is 2.33. The second kappa shape index (κ2) is 11.6. The lowest BCUT2D eigenvalue weighted by Gasteiger charge is -2.24. The van der Waals surface area contributed by atoms with Crippen molar-refractivity contribution in [2.45, 2.75) is 63.8 Å². The quantitative estimate of drug-likeness (QED) is 0.166. The third kappa shape index (κ3) is 6.26. The first-order chi connectivity index (χ1) is 21.0. The summed E-state index contributed by atoms with van der Waals surface area (Å²) in [5.74, 6) is -0.210. The number of aliphatic carboxylic acids is 1. The molecule has 44 heavy (non-hydrogen) atoms. The monoisotopic (exact) mass is 604 g/mol. The fourth-order valence-electron chi connectivity index (χ4n) is 5.27. The molecule has 0 radical (unpaired) electrons. The topological polar surface area (TPSA) is 90.1 Å². The molecule has 2 aromatic carbocycles. The van der Waals surface area contributed by atoms with Gasteiger partial charge in [0.15, 0.2) is 0 Å². The second-order valence-corrected chi connectivity index (χ2v) is 14.6. The van der Waals surface area contributed by atoms with Gasteiger partial charge in [-0.2, -0.15) is 0 Å². The highest BCUT2D eigenvalue weighted by Crippen LogP contribution is 2.43. The predicted molar refractivity (Wildman–Crippen MR) is 177 cm³/mol. The highest BCUT2D eigenvalue weighted by atomic mass is 32.2. The Morgan fingerprint density at radius 2 is 1.48 bits per heavy atom. The van der Waals surface area contributed by atoms with E-state index in [9.17, 15) is 9.90 Å². The van der Waals surface area contributed by atoms with Gasteiger partial charge in [-0.3, -0.25) is 9.78 Å². The maximum atomic E-state index is 12.3. The highest BCUT2D eigenvalue weighted by molar-refractivity contribution is 8.00. The summed E-state index contributed by atoms with van der Waals surface area (Å²) in [6.07, 6.45) is 2.08. The van der Waals surface area contributed by atoms with Gasteiger partial charge in [-0.05, 0) is 44.2 Å². The Hall–Kier alpha value is -4.43. The number of pyridine rings is 3. The number of hydrogen-bond acceptors (Lipinski definition) is 6. The van der Waals surface area contributed by atoms with E-state index in [0.717, 1.165) is 54.8 Å². The molecule has 0 fully saturated rings. The zero-order valence-corrected chi connectivity index (χ0v) is 26.5. The number of benzene rings is 2. The van der Waals surface area contributed by atoms with Gasteiger partial charge < -0.3 is 14.4 Å². The fourth-order valence-corrected chi connectivity index (χ4v) is 6.44. The molecule has 0 bridgehead atoms. The number of ether oxygens (including phenoxy) is 1. The molecule has 0 aliphatic heterocycles. The molecule has 7 nitrogen and oxygen atoms in total. The molecule has 0 unspecified atom stereocenters. The van der Waals surface area contributed by atoms with E-state index in [2.05, 4.69) is 37.5 Å². The van der Waals surface area contributed by atoms with E-state index in [1.807, 2.05) is 66.7 Å². The Kier molecular flexibility index (Phi) is 7.80. The lowest BCUT2D eigenvalue weighted by atomic mass is 9.88. The molecule has 0 saturated heterocycles. The maximum Gasteiger partial charge on any atom is 0.309 e. The Balaban J connectivity index is 1.44. The van der Waals surface area contributed by atoms with Crippen molar-refractivity contribution in [3.05, 3.63) is 102 Å². The smallest absolute Gasteiger partial charge is 0.309 e. The van der Waals surface area contributed by atoms with Gasteiger partial charge in [0.25, 0.3) is 0 Å². The van der Waals surface area contributed by atoms with Crippen molar-refractivity contribution in [1.29, 1.82) is 0 Å². The lowest BCUT2D eigenvalue weighted by molar-refractivity contribution is -0.146. The van der Waals surface area contributed by atoms with Gasteiger partial charge in [-0.15, -0.1) is 11.8 Å². The number of para-hydroxylation sites is 2. The fraction of sp³-hybridized carbons (Fsp3) is 0.278. The van der Waals surface area contributed by atoms with Crippen LogP contribution in [-0.4, -0.2) is 35.3 Å². The van der Waals surface area contributed by atoms with E-state index >= 15 is 0 Å². The van der Waals surface area contributed by atoms with Gasteiger partial charge in [-0.25, -0.2) is 9.97 Å². The number of hydrogen-bond donors (Lipinski definition) is 1. The van der Waals surface area contributed by atoms with Crippen molar-refractivity contribution < 1.29 is 14.6 Å². The third-order valence-electron chi connectivity index (χ3n) is 7.55. The third-order valence-corrected chi connectivity index (χ3v) is 8.82. The number of carboxylic acid groups (broad SMARTS) is 1. The Morgan fingerprint density at radius 3 is 2.11 bits per heavy atom. The van der Waals surface area contributed by atoms with Crippen molar-refractivity contribution >= 4 is 50.6 Å². The van der Waals surface area contributed by atoms with Crippen molar-refractivity contribution in [2.75, 3.05) is 0 Å². The summed E-state index contributed by atoms with van der Waals surface area (Å²) in [4.78, 5) is 28.0. The van der Waals surface area contributed by atoms with Gasteiger partial charge >= 0.3 is 5.97 Å². The molecule has 6 aromatic rings. The maximum absolute atomic E-state index is 12.3. The number of thioether (sulfide) groups is 1. The van der Waals surface area contributed by atoms with Crippen molar-refractivity contribution in [1.82, 2.24) is 19.5 Å². The predicted octanol–water partition coefficient (Wildman–Crippen LogP) is 8.30. The number of nitrogens with zero attached hydrogens (tertiary/aromatic N) is 4. The minimum atomic E-state index is -0.989. The summed E-state index contributed by atoms with van der Waals surface area (Å²) < 4.78 is 8.25. The van der Waals surface area contributed by atoms with Crippen molar-refractivity contribution in [2.24, 2.45) is 5.41 Å². The average molecular weight is 605 g/mol. The molecule has 4 heterocycles. The molecule has 1 N–H and O–H groups in total. The van der Waals surface area contributed by atoms with Gasteiger partial charge in [0.2, 0.25) is 0 Å². The molecule has 8 heteroatoms. The summed E-state index contributed by atoms with van der Waals surface area (Å²) in [7, 11) is 0. The van der Waals surface area contributed by atoms with E-state index in [4.69, 9.17) is 19.7 Å². The van der Waals surface area contributed by atoms with E-state index in [1.165, 1.54) is 0 Å². The molecule has 0 spiro atoms. The molecule has 0 aliphatic rings. The van der Waals surface area contributed by atoms with Gasteiger partial charge in [0.05, 0.1) is 40.6 Å². The van der Waals surface area contributed by atoms with Crippen LogP contribution in [0.15, 0.2) is 90.0 Å². The minimum Gasteiger partial charge on any atom is -0.486 e. The Bertz CT molecular complexity index is 2010. The molecule has 0 atom stereocenters. The normalized spacial score (nSPS) is 12.3. The number of carbonyl (C=O) groups is 1. The van der Waals surface area contributed by atoms with Crippen LogP contribution in [0.5, 0.6) is 5.75 Å². The van der Waals surface area contributed by atoms with Gasteiger partial charge in [0, 0.05) is 37.9 Å². The van der Waals surface area contributed by atoms with Crippen LogP contribution in [0, 0.1) is 5.41 Å². The first kappa shape index (κ1) is 29.6. The van der Waals surface area contributed by atoms with Gasteiger partial charge in [-0.1, -0.05) is 69.3 Å². The van der Waals surface area contributed by atoms with Crippen LogP contribution >= 0.6 is 11.8 Å². The van der Waals surface area contributed by atoms with E-state index in [1.54, 1.807) is 31.8 Å². The molecule has 0 aliphatic carbocycles. The molecule has 0 amide bonds. The standard InChI is InChI=1S/C36H36N4O3S/c1-35(2,3)44-32-28-18-27(43-22-26-17-15-24-11-7-9-13-30(24)39-26)20-37-33(28)40(31(32)19-36(4,5)34(41)42)21-25-16-14-23-10-6-8-12-29(23)38-25/h6-18,20H,19,21-22H2,1-5H3,(H,41,42). The summed E-state index contributed by atoms with van der Waals surface area (Å²) in [5.41, 5.74) is 4.28. The van der Waals surface area contributed by atoms with Crippen molar-refractivity contribution in [3.63, 3.8) is 0 Å². The van der Waals surface area contributed by atoms with Crippen LogP contribution in [0.1, 0.15) is 51.7 Å². The van der Waals surface area contributed by atoms with Gasteiger partial charge in [0.1, 0.15) is 18.0 Å². The first-order valence-electron chi connectivity index (χ1n) is 14.7. The van der Waals surface area contributed by atoms with Crippen LogP contribution < -0.4 is 4.74 Å². The Labute approximate surface area is 261 Å². The average Bonchev–Trinajstić information content (AvgIpc) is 3.25. The summed E-state index contributed by atoms with van der Waals surface area (Å²) in [6.45, 7) is 10.8. The van der Waals surface area contributed by atoms with Crippen LogP contribution in [0.4, 0.5) is 0 Å². The zero-order chi connectivity index (χ0) is 31.1. The number of carboxylic acids is 1. The summed E-state index contributed by atoms with van der Waals surface area (Å²) >= 11 is 1.73. The molecule has 6 rings (SSSR count).